The zero-order valence-electron chi connectivity index (χ0n) is 9.17. The van der Waals surface area contributed by atoms with Crippen molar-refractivity contribution in [3.05, 3.63) is 28.3 Å². The van der Waals surface area contributed by atoms with E-state index in [9.17, 15) is 9.90 Å². The van der Waals surface area contributed by atoms with Crippen molar-refractivity contribution in [2.75, 3.05) is 0 Å². The summed E-state index contributed by atoms with van der Waals surface area (Å²) < 4.78 is 0. The highest BCUT2D eigenvalue weighted by atomic mass is 35.5. The van der Waals surface area contributed by atoms with E-state index in [1.165, 1.54) is 6.07 Å². The standard InChI is InChI=1S/C12H15ClO2/c1-4-11(14)10-6-8(13)5-9(7(2)3)12(10)15/h5-7,15H,4H2,1-3H3. The van der Waals surface area contributed by atoms with Gasteiger partial charge in [-0.2, -0.15) is 0 Å². The minimum atomic E-state index is -0.0862. The Morgan fingerprint density at radius 2 is 2.07 bits per heavy atom. The highest BCUT2D eigenvalue weighted by molar-refractivity contribution is 6.31. The Bertz CT molecular complexity index is 383. The monoisotopic (exact) mass is 226 g/mol. The van der Waals surface area contributed by atoms with Gasteiger partial charge in [0.05, 0.1) is 5.56 Å². The van der Waals surface area contributed by atoms with E-state index >= 15 is 0 Å². The average molecular weight is 227 g/mol. The van der Waals surface area contributed by atoms with Crippen LogP contribution in [0.5, 0.6) is 5.75 Å². The highest BCUT2D eigenvalue weighted by Gasteiger charge is 2.16. The number of hydrogen-bond acceptors (Lipinski definition) is 2. The third-order valence-corrected chi connectivity index (χ3v) is 2.57. The number of aromatic hydroxyl groups is 1. The predicted molar refractivity (Wildman–Crippen MR) is 61.8 cm³/mol. The summed E-state index contributed by atoms with van der Waals surface area (Å²) in [5, 5.41) is 10.4. The van der Waals surface area contributed by atoms with Crippen LogP contribution in [0.4, 0.5) is 0 Å². The van der Waals surface area contributed by atoms with Gasteiger partial charge in [0.15, 0.2) is 5.78 Å². The molecule has 0 radical (unpaired) electrons. The van der Waals surface area contributed by atoms with Crippen LogP contribution < -0.4 is 0 Å². The van der Waals surface area contributed by atoms with Gasteiger partial charge in [-0.05, 0) is 23.6 Å². The van der Waals surface area contributed by atoms with Crippen molar-refractivity contribution in [1.82, 2.24) is 0 Å². The lowest BCUT2D eigenvalue weighted by atomic mass is 9.97. The maximum atomic E-state index is 11.5. The normalized spacial score (nSPS) is 10.7. The third-order valence-electron chi connectivity index (χ3n) is 2.35. The van der Waals surface area contributed by atoms with E-state index in [-0.39, 0.29) is 17.5 Å². The Morgan fingerprint density at radius 1 is 1.47 bits per heavy atom. The van der Waals surface area contributed by atoms with Crippen LogP contribution in [0.3, 0.4) is 0 Å². The molecule has 1 aromatic rings. The second-order valence-electron chi connectivity index (χ2n) is 3.82. The Balaban J connectivity index is 3.34. The van der Waals surface area contributed by atoms with Gasteiger partial charge in [-0.25, -0.2) is 0 Å². The number of carbonyl (C=O) groups is 1. The van der Waals surface area contributed by atoms with Crippen LogP contribution in [0, 0.1) is 0 Å². The molecule has 82 valence electrons. The fraction of sp³-hybridized carbons (Fsp3) is 0.417. The van der Waals surface area contributed by atoms with Crippen LogP contribution in [0.15, 0.2) is 12.1 Å². The van der Waals surface area contributed by atoms with Crippen LogP contribution in [0.1, 0.15) is 49.0 Å². The molecule has 2 nitrogen and oxygen atoms in total. The van der Waals surface area contributed by atoms with Crippen molar-refractivity contribution in [3.63, 3.8) is 0 Å². The Morgan fingerprint density at radius 3 is 2.53 bits per heavy atom. The largest absolute Gasteiger partial charge is 0.507 e. The van der Waals surface area contributed by atoms with Crippen LogP contribution in [-0.4, -0.2) is 10.9 Å². The minimum absolute atomic E-state index is 0.0706. The summed E-state index contributed by atoms with van der Waals surface area (Å²) in [6.45, 7) is 5.66. The summed E-state index contributed by atoms with van der Waals surface area (Å²) in [5.41, 5.74) is 1.05. The average Bonchev–Trinajstić information content (AvgIpc) is 2.19. The first-order valence-corrected chi connectivity index (χ1v) is 5.40. The first-order chi connectivity index (χ1) is 6.97. The molecule has 0 unspecified atom stereocenters. The molecule has 0 saturated heterocycles. The second kappa shape index (κ2) is 4.67. The van der Waals surface area contributed by atoms with Crippen molar-refractivity contribution < 1.29 is 9.90 Å². The molecule has 0 aliphatic carbocycles. The van der Waals surface area contributed by atoms with Crippen LogP contribution in [0.2, 0.25) is 5.02 Å². The fourth-order valence-corrected chi connectivity index (χ4v) is 1.69. The van der Waals surface area contributed by atoms with Crippen LogP contribution in [-0.2, 0) is 0 Å². The van der Waals surface area contributed by atoms with Crippen molar-refractivity contribution >= 4 is 17.4 Å². The number of hydrogen-bond donors (Lipinski definition) is 1. The van der Waals surface area contributed by atoms with E-state index < -0.39 is 0 Å². The molecule has 0 bridgehead atoms. The maximum absolute atomic E-state index is 11.5. The molecule has 0 atom stereocenters. The van der Waals surface area contributed by atoms with Gasteiger partial charge < -0.3 is 5.11 Å². The molecule has 0 aliphatic heterocycles. The Labute approximate surface area is 94.9 Å². The molecule has 3 heteroatoms. The molecular weight excluding hydrogens is 212 g/mol. The fourth-order valence-electron chi connectivity index (χ4n) is 1.46. The number of phenols is 1. The number of rotatable bonds is 3. The summed E-state index contributed by atoms with van der Waals surface area (Å²) in [5.74, 6) is 0.130. The molecule has 0 saturated carbocycles. The molecule has 1 rings (SSSR count). The van der Waals surface area contributed by atoms with Crippen molar-refractivity contribution in [2.45, 2.75) is 33.1 Å². The topological polar surface area (TPSA) is 37.3 Å². The van der Waals surface area contributed by atoms with Gasteiger partial charge >= 0.3 is 0 Å². The van der Waals surface area contributed by atoms with E-state index in [2.05, 4.69) is 0 Å². The van der Waals surface area contributed by atoms with Gasteiger partial charge in [0, 0.05) is 11.4 Å². The van der Waals surface area contributed by atoms with Crippen molar-refractivity contribution in [1.29, 1.82) is 0 Å². The molecule has 15 heavy (non-hydrogen) atoms. The van der Waals surface area contributed by atoms with E-state index in [4.69, 9.17) is 11.6 Å². The quantitative estimate of drug-likeness (QED) is 0.797. The lowest BCUT2D eigenvalue weighted by Gasteiger charge is -2.12. The smallest absolute Gasteiger partial charge is 0.166 e. The number of carbonyl (C=O) groups excluding carboxylic acids is 1. The first-order valence-electron chi connectivity index (χ1n) is 5.03. The van der Waals surface area contributed by atoms with E-state index in [0.29, 0.717) is 17.0 Å². The molecule has 1 N–H and O–H groups in total. The number of Topliss-reactive ketones (excluding diaryl/α,β-unsaturated/α-hetero) is 1. The summed E-state index contributed by atoms with van der Waals surface area (Å²) in [6, 6.07) is 3.22. The summed E-state index contributed by atoms with van der Waals surface area (Å²) in [6.07, 6.45) is 0.367. The van der Waals surface area contributed by atoms with Gasteiger partial charge in [-0.3, -0.25) is 4.79 Å². The zero-order chi connectivity index (χ0) is 11.6. The van der Waals surface area contributed by atoms with Gasteiger partial charge in [-0.1, -0.05) is 32.4 Å². The van der Waals surface area contributed by atoms with E-state index in [0.717, 1.165) is 5.56 Å². The van der Waals surface area contributed by atoms with E-state index in [1.807, 2.05) is 13.8 Å². The molecule has 1 aromatic carbocycles. The second-order valence-corrected chi connectivity index (χ2v) is 4.26. The van der Waals surface area contributed by atoms with Crippen LogP contribution >= 0.6 is 11.6 Å². The van der Waals surface area contributed by atoms with E-state index in [1.54, 1.807) is 13.0 Å². The zero-order valence-corrected chi connectivity index (χ0v) is 9.93. The molecular formula is C12H15ClO2. The third kappa shape index (κ3) is 2.51. The first kappa shape index (κ1) is 12.1. The van der Waals surface area contributed by atoms with Crippen molar-refractivity contribution in [2.24, 2.45) is 0 Å². The van der Waals surface area contributed by atoms with Gasteiger partial charge in [-0.15, -0.1) is 0 Å². The molecule has 0 aliphatic rings. The maximum Gasteiger partial charge on any atom is 0.166 e. The Hall–Kier alpha value is -1.02. The predicted octanol–water partition coefficient (Wildman–Crippen LogP) is 3.76. The molecule has 0 spiro atoms. The summed E-state index contributed by atoms with van der Waals surface area (Å²) in [4.78, 5) is 11.5. The number of halogens is 1. The molecule has 0 fully saturated rings. The minimum Gasteiger partial charge on any atom is -0.507 e. The summed E-state index contributed by atoms with van der Waals surface area (Å²) >= 11 is 5.90. The number of benzene rings is 1. The van der Waals surface area contributed by atoms with Crippen molar-refractivity contribution in [3.8, 4) is 5.75 Å². The SMILES string of the molecule is CCC(=O)c1cc(Cl)cc(C(C)C)c1O. The number of phenolic OH excluding ortho intramolecular Hbond substituents is 1. The molecule has 0 amide bonds. The van der Waals surface area contributed by atoms with Gasteiger partial charge in [0.2, 0.25) is 0 Å². The van der Waals surface area contributed by atoms with Crippen LogP contribution in [0.25, 0.3) is 0 Å². The lowest BCUT2D eigenvalue weighted by Crippen LogP contribution is -2.00. The Kier molecular flexibility index (Phi) is 3.75. The lowest BCUT2D eigenvalue weighted by molar-refractivity contribution is 0.0985. The number of ketones is 1. The molecule has 0 heterocycles. The van der Waals surface area contributed by atoms with Gasteiger partial charge in [0.1, 0.15) is 5.75 Å². The molecule has 0 aromatic heterocycles. The highest BCUT2D eigenvalue weighted by Crippen LogP contribution is 2.32. The summed E-state index contributed by atoms with van der Waals surface area (Å²) in [7, 11) is 0. The van der Waals surface area contributed by atoms with Gasteiger partial charge in [0.25, 0.3) is 0 Å².